The highest BCUT2D eigenvalue weighted by Gasteiger charge is 2.24. The van der Waals surface area contributed by atoms with Gasteiger partial charge >= 0.3 is 0 Å². The van der Waals surface area contributed by atoms with E-state index in [1.165, 1.54) is 5.56 Å². The van der Waals surface area contributed by atoms with Crippen LogP contribution in [-0.2, 0) is 9.47 Å². The normalized spacial score (nSPS) is 25.2. The molecule has 0 aliphatic carbocycles. The van der Waals surface area contributed by atoms with Crippen molar-refractivity contribution in [3.8, 4) is 0 Å². The Balaban J connectivity index is 1.90. The van der Waals surface area contributed by atoms with Gasteiger partial charge in [-0.2, -0.15) is 0 Å². The fraction of sp³-hybridized carbons (Fsp3) is 0.600. The van der Waals surface area contributed by atoms with Gasteiger partial charge in [0.25, 0.3) is 0 Å². The second kappa shape index (κ2) is 6.88. The molecule has 1 aromatic rings. The monoisotopic (exact) mass is 249 g/mol. The highest BCUT2D eigenvalue weighted by molar-refractivity contribution is 5.18. The molecule has 1 heterocycles. The predicted octanol–water partition coefficient (Wildman–Crippen LogP) is 2.39. The van der Waals surface area contributed by atoms with Crippen LogP contribution in [0, 0.1) is 5.92 Å². The molecule has 0 radical (unpaired) electrons. The molecule has 1 aromatic carbocycles. The lowest BCUT2D eigenvalue weighted by Crippen LogP contribution is -2.32. The molecule has 0 saturated carbocycles. The van der Waals surface area contributed by atoms with Gasteiger partial charge < -0.3 is 14.8 Å². The summed E-state index contributed by atoms with van der Waals surface area (Å²) in [6.07, 6.45) is 1.53. The van der Waals surface area contributed by atoms with E-state index in [0.29, 0.717) is 18.6 Å². The first kappa shape index (κ1) is 13.5. The summed E-state index contributed by atoms with van der Waals surface area (Å²) in [5.74, 6) is 0.619. The lowest BCUT2D eigenvalue weighted by atomic mass is 10.0. The Hall–Kier alpha value is -0.900. The van der Waals surface area contributed by atoms with Gasteiger partial charge in [0.1, 0.15) is 0 Å². The van der Waals surface area contributed by atoms with Crippen LogP contribution in [0.15, 0.2) is 30.3 Å². The Morgan fingerprint density at radius 3 is 2.78 bits per heavy atom. The Bertz CT molecular complexity index is 342. The van der Waals surface area contributed by atoms with Crippen LogP contribution < -0.4 is 5.32 Å². The molecular weight excluding hydrogens is 226 g/mol. The molecule has 0 bridgehead atoms. The molecule has 0 amide bonds. The third-order valence-electron chi connectivity index (χ3n) is 3.69. The van der Waals surface area contributed by atoms with E-state index in [1.807, 2.05) is 6.07 Å². The fourth-order valence-corrected chi connectivity index (χ4v) is 2.46. The quantitative estimate of drug-likeness (QED) is 0.839. The second-order valence-corrected chi connectivity index (χ2v) is 4.95. The molecule has 3 atom stereocenters. The Kier molecular flexibility index (Phi) is 5.17. The van der Waals surface area contributed by atoms with Gasteiger partial charge in [0.2, 0.25) is 0 Å². The van der Waals surface area contributed by atoms with Crippen LogP contribution in [0.3, 0.4) is 0 Å². The zero-order valence-electron chi connectivity index (χ0n) is 11.3. The molecule has 100 valence electrons. The van der Waals surface area contributed by atoms with Gasteiger partial charge in [-0.1, -0.05) is 30.3 Å². The molecule has 1 aliphatic heterocycles. The molecule has 1 fully saturated rings. The molecule has 18 heavy (non-hydrogen) atoms. The number of ether oxygens (including phenoxy) is 2. The standard InChI is InChI=1S/C15H23NO2/c1-12-14(8-9-18-12)10-16-15(11-17-2)13-6-4-3-5-7-13/h3-7,12,14-16H,8-11H2,1-2H3. The van der Waals surface area contributed by atoms with Crippen molar-refractivity contribution in [2.75, 3.05) is 26.9 Å². The van der Waals surface area contributed by atoms with E-state index in [0.717, 1.165) is 19.6 Å². The van der Waals surface area contributed by atoms with Gasteiger partial charge in [0.05, 0.1) is 18.8 Å². The molecule has 1 N–H and O–H groups in total. The maximum absolute atomic E-state index is 5.59. The van der Waals surface area contributed by atoms with Crippen molar-refractivity contribution in [1.29, 1.82) is 0 Å². The van der Waals surface area contributed by atoms with Crippen molar-refractivity contribution in [3.63, 3.8) is 0 Å². The van der Waals surface area contributed by atoms with Crippen LogP contribution in [0.25, 0.3) is 0 Å². The van der Waals surface area contributed by atoms with E-state index >= 15 is 0 Å². The summed E-state index contributed by atoms with van der Waals surface area (Å²) in [6.45, 7) is 4.75. The van der Waals surface area contributed by atoms with Crippen molar-refractivity contribution >= 4 is 0 Å². The van der Waals surface area contributed by atoms with Gasteiger partial charge in [-0.05, 0) is 24.8 Å². The number of benzene rings is 1. The van der Waals surface area contributed by atoms with E-state index in [-0.39, 0.29) is 6.04 Å². The third kappa shape index (κ3) is 3.55. The highest BCUT2D eigenvalue weighted by Crippen LogP contribution is 2.21. The van der Waals surface area contributed by atoms with Crippen molar-refractivity contribution in [2.24, 2.45) is 5.92 Å². The summed E-state index contributed by atoms with van der Waals surface area (Å²) in [4.78, 5) is 0. The average Bonchev–Trinajstić information content (AvgIpc) is 2.81. The lowest BCUT2D eigenvalue weighted by Gasteiger charge is -2.22. The van der Waals surface area contributed by atoms with Crippen molar-refractivity contribution in [2.45, 2.75) is 25.5 Å². The zero-order chi connectivity index (χ0) is 12.8. The Morgan fingerprint density at radius 2 is 2.17 bits per heavy atom. The minimum atomic E-state index is 0.268. The number of hydrogen-bond acceptors (Lipinski definition) is 3. The van der Waals surface area contributed by atoms with Gasteiger partial charge in [0, 0.05) is 20.3 Å². The summed E-state index contributed by atoms with van der Waals surface area (Å²) >= 11 is 0. The topological polar surface area (TPSA) is 30.5 Å². The van der Waals surface area contributed by atoms with E-state index in [2.05, 4.69) is 36.5 Å². The molecule has 0 aromatic heterocycles. The third-order valence-corrected chi connectivity index (χ3v) is 3.69. The fourth-order valence-electron chi connectivity index (χ4n) is 2.46. The summed E-state index contributed by atoms with van der Waals surface area (Å²) < 4.78 is 10.9. The number of hydrogen-bond donors (Lipinski definition) is 1. The number of rotatable bonds is 6. The smallest absolute Gasteiger partial charge is 0.0657 e. The van der Waals surface area contributed by atoms with Crippen LogP contribution in [0.2, 0.25) is 0 Å². The van der Waals surface area contributed by atoms with Crippen LogP contribution in [0.5, 0.6) is 0 Å². The second-order valence-electron chi connectivity index (χ2n) is 4.95. The molecule has 1 saturated heterocycles. The van der Waals surface area contributed by atoms with E-state index < -0.39 is 0 Å². The molecule has 3 heteroatoms. The molecule has 0 spiro atoms. The Labute approximate surface area is 109 Å². The molecule has 3 nitrogen and oxygen atoms in total. The Morgan fingerprint density at radius 1 is 1.39 bits per heavy atom. The lowest BCUT2D eigenvalue weighted by molar-refractivity contribution is 0.102. The first-order valence-electron chi connectivity index (χ1n) is 6.70. The van der Waals surface area contributed by atoms with Crippen LogP contribution >= 0.6 is 0 Å². The molecule has 1 aliphatic rings. The molecule has 2 rings (SSSR count). The summed E-state index contributed by atoms with van der Waals surface area (Å²) in [6, 6.07) is 10.7. The van der Waals surface area contributed by atoms with Crippen LogP contribution in [0.1, 0.15) is 24.9 Å². The van der Waals surface area contributed by atoms with Crippen molar-refractivity contribution in [1.82, 2.24) is 5.32 Å². The maximum atomic E-state index is 5.59. The van der Waals surface area contributed by atoms with Gasteiger partial charge in [-0.15, -0.1) is 0 Å². The van der Waals surface area contributed by atoms with E-state index in [1.54, 1.807) is 7.11 Å². The van der Waals surface area contributed by atoms with E-state index in [4.69, 9.17) is 9.47 Å². The van der Waals surface area contributed by atoms with E-state index in [9.17, 15) is 0 Å². The van der Waals surface area contributed by atoms with Crippen LogP contribution in [0.4, 0.5) is 0 Å². The average molecular weight is 249 g/mol. The number of nitrogens with one attached hydrogen (secondary N) is 1. The minimum Gasteiger partial charge on any atom is -0.383 e. The van der Waals surface area contributed by atoms with Gasteiger partial charge in [0.15, 0.2) is 0 Å². The van der Waals surface area contributed by atoms with Gasteiger partial charge in [-0.3, -0.25) is 0 Å². The van der Waals surface area contributed by atoms with Gasteiger partial charge in [-0.25, -0.2) is 0 Å². The SMILES string of the molecule is COCC(NCC1CCOC1C)c1ccccc1. The minimum absolute atomic E-state index is 0.268. The maximum Gasteiger partial charge on any atom is 0.0657 e. The largest absolute Gasteiger partial charge is 0.383 e. The highest BCUT2D eigenvalue weighted by atomic mass is 16.5. The number of methoxy groups -OCH3 is 1. The molecular formula is C15H23NO2. The first-order valence-corrected chi connectivity index (χ1v) is 6.70. The first-order chi connectivity index (χ1) is 8.81. The summed E-state index contributed by atoms with van der Waals surface area (Å²) in [7, 11) is 1.75. The molecule has 3 unspecified atom stereocenters. The zero-order valence-corrected chi connectivity index (χ0v) is 11.3. The van der Waals surface area contributed by atoms with Crippen molar-refractivity contribution < 1.29 is 9.47 Å². The van der Waals surface area contributed by atoms with Crippen molar-refractivity contribution in [3.05, 3.63) is 35.9 Å². The summed E-state index contributed by atoms with van der Waals surface area (Å²) in [5, 5.41) is 3.60. The predicted molar refractivity (Wildman–Crippen MR) is 72.6 cm³/mol. The van der Waals surface area contributed by atoms with Crippen LogP contribution in [-0.4, -0.2) is 33.0 Å². The summed E-state index contributed by atoms with van der Waals surface area (Å²) in [5.41, 5.74) is 1.28.